The highest BCUT2D eigenvalue weighted by molar-refractivity contribution is 7.00. The molecule has 0 fully saturated rings. The summed E-state index contributed by atoms with van der Waals surface area (Å²) < 4.78 is 2.10. The average molecular weight is 716 g/mol. The van der Waals surface area contributed by atoms with Crippen LogP contribution < -0.4 is 37.0 Å². The lowest BCUT2D eigenvalue weighted by molar-refractivity contribution is 1.25. The van der Waals surface area contributed by atoms with Gasteiger partial charge in [-0.05, 0) is 112 Å². The van der Waals surface area contributed by atoms with Crippen molar-refractivity contribution < 1.29 is 0 Å². The Balaban J connectivity index is 1.11. The van der Waals surface area contributed by atoms with Crippen LogP contribution in [0.4, 0.5) is 34.1 Å². The number of nitrogens with zero attached hydrogens (tertiary/aromatic N) is 3. The minimum Gasteiger partial charge on any atom is -0.311 e. The van der Waals surface area contributed by atoms with Gasteiger partial charge in [-0.15, -0.1) is 0 Å². The Hall–Kier alpha value is -7.44. The molecule has 56 heavy (non-hydrogen) atoms. The first-order valence-corrected chi connectivity index (χ1v) is 19.0. The van der Waals surface area contributed by atoms with E-state index in [4.69, 9.17) is 0 Å². The van der Waals surface area contributed by atoms with Gasteiger partial charge in [-0.2, -0.15) is 0 Å². The topological polar surface area (TPSA) is 45.0 Å². The maximum atomic E-state index is 14.4. The minimum absolute atomic E-state index is 0.0130. The zero-order valence-corrected chi connectivity index (χ0v) is 30.1. The van der Waals surface area contributed by atoms with E-state index >= 15 is 0 Å². The third-order valence-corrected chi connectivity index (χ3v) is 11.9. The molecule has 6 heteroatoms. The number of hydrogen-bond acceptors (Lipinski definition) is 4. The molecule has 0 atom stereocenters. The summed E-state index contributed by atoms with van der Waals surface area (Å²) in [6, 6.07) is 62.8. The van der Waals surface area contributed by atoms with Gasteiger partial charge < -0.3 is 14.2 Å². The van der Waals surface area contributed by atoms with Gasteiger partial charge in [0.25, 0.3) is 6.71 Å². The van der Waals surface area contributed by atoms with Crippen molar-refractivity contribution in [2.75, 3.05) is 9.80 Å². The molecule has 2 aliphatic heterocycles. The van der Waals surface area contributed by atoms with E-state index < -0.39 is 0 Å². The molecule has 0 N–H and O–H groups in total. The number of rotatable bonds is 3. The van der Waals surface area contributed by atoms with E-state index in [2.05, 4.69) is 142 Å². The molecule has 10 aromatic rings. The van der Waals surface area contributed by atoms with Crippen LogP contribution in [0.2, 0.25) is 0 Å². The van der Waals surface area contributed by atoms with Crippen LogP contribution >= 0.6 is 0 Å². The molecule has 0 saturated heterocycles. The molecular weight excluding hydrogens is 685 g/mol. The Morgan fingerprint density at radius 3 is 1.64 bits per heavy atom. The Labute approximate surface area is 322 Å². The molecule has 12 rings (SSSR count). The van der Waals surface area contributed by atoms with Gasteiger partial charge in [0.05, 0.1) is 16.6 Å². The summed E-state index contributed by atoms with van der Waals surface area (Å²) in [7, 11) is 0. The van der Waals surface area contributed by atoms with E-state index in [0.717, 1.165) is 44.9 Å². The summed E-state index contributed by atoms with van der Waals surface area (Å²) in [6.07, 6.45) is 0. The molecule has 260 valence electrons. The molecule has 2 aliphatic rings. The van der Waals surface area contributed by atoms with Crippen LogP contribution in [-0.2, 0) is 0 Å². The van der Waals surface area contributed by atoms with E-state index in [1.54, 1.807) is 0 Å². The number of para-hydroxylation sites is 5. The van der Waals surface area contributed by atoms with Crippen LogP contribution in [0.1, 0.15) is 0 Å². The predicted molar refractivity (Wildman–Crippen MR) is 233 cm³/mol. The largest absolute Gasteiger partial charge is 0.311 e. The van der Waals surface area contributed by atoms with Crippen molar-refractivity contribution in [3.05, 3.63) is 202 Å². The van der Waals surface area contributed by atoms with E-state index in [-0.39, 0.29) is 17.6 Å². The standard InChI is InChI=1S/C50H30BN3O2/c55-49-35-17-7-9-21-41(35)54-42-28-26-31(29-38(42)50(56)37-19-11-18-36(49)48(37)54)32-25-27-40-46(30-32)53(34-15-5-2-6-16-34)45-24-12-23-44-47(45)51(40)39-20-8-10-22-43(39)52(44)33-13-3-1-4-14-33/h1-30H. The zero-order chi connectivity index (χ0) is 37.1. The van der Waals surface area contributed by atoms with E-state index in [0.29, 0.717) is 27.1 Å². The van der Waals surface area contributed by atoms with Crippen LogP contribution in [0.3, 0.4) is 0 Å². The molecule has 4 heterocycles. The second-order valence-corrected chi connectivity index (χ2v) is 14.8. The van der Waals surface area contributed by atoms with E-state index in [1.165, 1.54) is 27.8 Å². The SMILES string of the molecule is O=c1c2ccccc2n2c3ccc(-c4ccc5c(c4)N(c4ccccc4)c4cccc6c4B5c4ccccc4N6c4ccccc4)cc3c(=O)c3cccc1c32. The van der Waals surface area contributed by atoms with Crippen molar-refractivity contribution >= 4 is 95.3 Å². The van der Waals surface area contributed by atoms with Crippen LogP contribution in [-0.4, -0.2) is 11.1 Å². The van der Waals surface area contributed by atoms with Crippen molar-refractivity contribution in [2.24, 2.45) is 0 Å². The molecule has 8 aromatic carbocycles. The second kappa shape index (κ2) is 11.5. The van der Waals surface area contributed by atoms with Crippen LogP contribution in [0.5, 0.6) is 0 Å². The number of benzene rings is 8. The molecule has 0 amide bonds. The van der Waals surface area contributed by atoms with Crippen molar-refractivity contribution in [3.8, 4) is 11.1 Å². The summed E-state index contributed by atoms with van der Waals surface area (Å²) in [4.78, 5) is 32.8. The highest BCUT2D eigenvalue weighted by Gasteiger charge is 2.43. The Morgan fingerprint density at radius 1 is 0.375 bits per heavy atom. The zero-order valence-electron chi connectivity index (χ0n) is 30.1. The fraction of sp³-hybridized carbons (Fsp3) is 0. The summed E-state index contributed by atoms with van der Waals surface area (Å²) in [6.45, 7) is 0.0130. The highest BCUT2D eigenvalue weighted by atomic mass is 16.1. The monoisotopic (exact) mass is 715 g/mol. The van der Waals surface area contributed by atoms with E-state index in [1.807, 2.05) is 54.6 Å². The van der Waals surface area contributed by atoms with Crippen molar-refractivity contribution in [1.82, 2.24) is 4.40 Å². The molecule has 2 aromatic heterocycles. The molecule has 0 unspecified atom stereocenters. The summed E-state index contributed by atoms with van der Waals surface area (Å²) in [5.74, 6) is 0. The second-order valence-electron chi connectivity index (χ2n) is 14.8. The molecule has 0 radical (unpaired) electrons. The third kappa shape index (κ3) is 4.15. The number of fused-ring (bicyclic) bond motifs is 8. The number of pyridine rings is 2. The Kier molecular flexibility index (Phi) is 6.38. The number of anilines is 6. The first kappa shape index (κ1) is 31.0. The van der Waals surface area contributed by atoms with Crippen molar-refractivity contribution in [2.45, 2.75) is 0 Å². The van der Waals surface area contributed by atoms with E-state index in [9.17, 15) is 9.59 Å². The molecule has 5 nitrogen and oxygen atoms in total. The molecule has 0 saturated carbocycles. The third-order valence-electron chi connectivity index (χ3n) is 11.9. The average Bonchev–Trinajstić information content (AvgIpc) is 3.26. The van der Waals surface area contributed by atoms with Gasteiger partial charge in [-0.25, -0.2) is 0 Å². The molecule has 0 bridgehead atoms. The summed E-state index contributed by atoms with van der Waals surface area (Å²) >= 11 is 0. The quantitative estimate of drug-likeness (QED) is 0.104. The van der Waals surface area contributed by atoms with Crippen LogP contribution in [0.25, 0.3) is 49.2 Å². The minimum atomic E-state index is -0.0748. The lowest BCUT2D eigenvalue weighted by atomic mass is 9.33. The van der Waals surface area contributed by atoms with Crippen LogP contribution in [0, 0.1) is 0 Å². The normalized spacial score (nSPS) is 13.0. The summed E-state index contributed by atoms with van der Waals surface area (Å²) in [5, 5.41) is 2.35. The Morgan fingerprint density at radius 2 is 0.893 bits per heavy atom. The van der Waals surface area contributed by atoms with Gasteiger partial charge in [0.2, 0.25) is 0 Å². The maximum Gasteiger partial charge on any atom is 0.252 e. The lowest BCUT2D eigenvalue weighted by Gasteiger charge is -2.44. The van der Waals surface area contributed by atoms with Gasteiger partial charge in [0.1, 0.15) is 0 Å². The molecule has 0 spiro atoms. The van der Waals surface area contributed by atoms with Gasteiger partial charge >= 0.3 is 0 Å². The van der Waals surface area contributed by atoms with Gasteiger partial charge in [0.15, 0.2) is 10.9 Å². The number of hydrogen-bond donors (Lipinski definition) is 0. The highest BCUT2D eigenvalue weighted by Crippen LogP contribution is 2.44. The predicted octanol–water partition coefficient (Wildman–Crippen LogP) is 9.31. The van der Waals surface area contributed by atoms with Crippen LogP contribution in [0.15, 0.2) is 192 Å². The first-order chi connectivity index (χ1) is 27.7. The van der Waals surface area contributed by atoms with Crippen molar-refractivity contribution in [1.29, 1.82) is 0 Å². The smallest absolute Gasteiger partial charge is 0.252 e. The van der Waals surface area contributed by atoms with Gasteiger partial charge in [-0.1, -0.05) is 97.1 Å². The fourth-order valence-electron chi connectivity index (χ4n) is 9.54. The number of aromatic nitrogens is 1. The first-order valence-electron chi connectivity index (χ1n) is 19.0. The van der Waals surface area contributed by atoms with Gasteiger partial charge in [0, 0.05) is 55.7 Å². The molecule has 0 aliphatic carbocycles. The molecular formula is C50H30BN3O2. The fourth-order valence-corrected chi connectivity index (χ4v) is 9.54. The summed E-state index contributed by atoms with van der Waals surface area (Å²) in [5.41, 5.74) is 14.6. The lowest BCUT2D eigenvalue weighted by Crippen LogP contribution is -2.61. The maximum absolute atomic E-state index is 14.4. The van der Waals surface area contributed by atoms with Crippen molar-refractivity contribution in [3.63, 3.8) is 0 Å². The van der Waals surface area contributed by atoms with Gasteiger partial charge in [-0.3, -0.25) is 9.59 Å². The Bertz CT molecular complexity index is 3380.